The van der Waals surface area contributed by atoms with Gasteiger partial charge in [0.05, 0.1) is 0 Å². The highest BCUT2D eigenvalue weighted by atomic mass is 32.2. The average molecular weight is 425 g/mol. The Balaban J connectivity index is 1.94. The molecular weight excluding hydrogens is 396 g/mol. The molecule has 2 aliphatic heterocycles. The highest BCUT2D eigenvalue weighted by Crippen LogP contribution is 2.25. The summed E-state index contributed by atoms with van der Waals surface area (Å²) in [5, 5.41) is 11.7. The number of hydrogen-bond donors (Lipinski definition) is 2. The minimum Gasteiger partial charge on any atom is -0.480 e. The summed E-state index contributed by atoms with van der Waals surface area (Å²) < 4.78 is 28.2. The molecule has 0 radical (unpaired) electrons. The summed E-state index contributed by atoms with van der Waals surface area (Å²) in [7, 11) is -2.04. The van der Waals surface area contributed by atoms with Crippen LogP contribution in [0.1, 0.15) is 12.5 Å². The fourth-order valence-electron chi connectivity index (χ4n) is 3.91. The van der Waals surface area contributed by atoms with Gasteiger partial charge < -0.3 is 15.3 Å². The van der Waals surface area contributed by atoms with Gasteiger partial charge >= 0.3 is 5.97 Å². The number of carboxylic acid groups (broad SMARTS) is 1. The Bertz CT molecular complexity index is 847. The molecular formula is C19H28N4O5S. The predicted octanol–water partition coefficient (Wildman–Crippen LogP) is -0.594. The SMILES string of the molecule is CC(C(=O)O)N1CCN(S(=O)(=O)C2CNCCN2C)[C@H](Cc2ccccc2)C1=O. The first kappa shape index (κ1) is 21.7. The van der Waals surface area contributed by atoms with Gasteiger partial charge in [0.15, 0.2) is 0 Å². The molecule has 0 aliphatic carbocycles. The van der Waals surface area contributed by atoms with E-state index in [1.54, 1.807) is 11.9 Å². The Labute approximate surface area is 171 Å². The van der Waals surface area contributed by atoms with Crippen LogP contribution in [0.4, 0.5) is 0 Å². The number of rotatable bonds is 6. The van der Waals surface area contributed by atoms with Gasteiger partial charge in [-0.1, -0.05) is 30.3 Å². The molecule has 29 heavy (non-hydrogen) atoms. The molecule has 160 valence electrons. The second-order valence-electron chi connectivity index (χ2n) is 7.55. The maximum absolute atomic E-state index is 13.5. The fourth-order valence-corrected chi connectivity index (χ4v) is 5.96. The van der Waals surface area contributed by atoms with Gasteiger partial charge in [0.25, 0.3) is 0 Å². The van der Waals surface area contributed by atoms with Gasteiger partial charge in [-0.25, -0.2) is 13.2 Å². The zero-order chi connectivity index (χ0) is 21.2. The molecule has 2 N–H and O–H groups in total. The van der Waals surface area contributed by atoms with Crippen molar-refractivity contribution in [1.82, 2.24) is 19.4 Å². The Kier molecular flexibility index (Phi) is 6.57. The molecule has 0 saturated carbocycles. The van der Waals surface area contributed by atoms with Gasteiger partial charge in [-0.05, 0) is 26.0 Å². The Morgan fingerprint density at radius 3 is 2.55 bits per heavy atom. The number of sulfonamides is 1. The normalized spacial score (nSPS) is 25.7. The Morgan fingerprint density at radius 2 is 1.93 bits per heavy atom. The first-order valence-corrected chi connectivity index (χ1v) is 11.2. The summed E-state index contributed by atoms with van der Waals surface area (Å²) in [6.45, 7) is 3.17. The standard InChI is InChI=1S/C19H28N4O5S/c1-14(19(25)26)22-10-11-23(29(27,28)17-13-20-8-9-21(17)2)16(18(22)24)12-15-6-4-3-5-7-15/h3-7,14,16-17,20H,8-13H2,1-2H3,(H,25,26)/t14?,16-,17?/m1/s1. The first-order valence-electron chi connectivity index (χ1n) is 9.72. The van der Waals surface area contributed by atoms with Gasteiger partial charge in [0.1, 0.15) is 17.5 Å². The number of likely N-dealkylation sites (N-methyl/N-ethyl adjacent to an activating group) is 1. The summed E-state index contributed by atoms with van der Waals surface area (Å²) in [6.07, 6.45) is 0.200. The number of carbonyl (C=O) groups excluding carboxylic acids is 1. The van der Waals surface area contributed by atoms with Crippen LogP contribution in [-0.4, -0.2) is 96.7 Å². The molecule has 1 aromatic carbocycles. The number of nitrogens with zero attached hydrogens (tertiary/aromatic N) is 3. The smallest absolute Gasteiger partial charge is 0.326 e. The minimum atomic E-state index is -3.80. The summed E-state index contributed by atoms with van der Waals surface area (Å²) in [5.74, 6) is -1.57. The van der Waals surface area contributed by atoms with Crippen molar-refractivity contribution in [3.05, 3.63) is 35.9 Å². The number of piperazine rings is 2. The zero-order valence-corrected chi connectivity index (χ0v) is 17.5. The maximum Gasteiger partial charge on any atom is 0.326 e. The molecule has 3 atom stereocenters. The molecule has 2 heterocycles. The third-order valence-corrected chi connectivity index (χ3v) is 8.00. The van der Waals surface area contributed by atoms with E-state index < -0.39 is 39.4 Å². The van der Waals surface area contributed by atoms with Crippen LogP contribution in [0.25, 0.3) is 0 Å². The molecule has 1 amide bonds. The van der Waals surface area contributed by atoms with E-state index >= 15 is 0 Å². The number of nitrogens with one attached hydrogen (secondary N) is 1. The van der Waals surface area contributed by atoms with Crippen molar-refractivity contribution in [3.63, 3.8) is 0 Å². The van der Waals surface area contributed by atoms with Crippen LogP contribution >= 0.6 is 0 Å². The van der Waals surface area contributed by atoms with Crippen LogP contribution in [0.5, 0.6) is 0 Å². The van der Waals surface area contributed by atoms with Crippen molar-refractivity contribution in [2.45, 2.75) is 30.8 Å². The van der Waals surface area contributed by atoms with Crippen molar-refractivity contribution in [2.24, 2.45) is 0 Å². The molecule has 2 aliphatic rings. The van der Waals surface area contributed by atoms with E-state index in [0.29, 0.717) is 13.1 Å². The molecule has 0 bridgehead atoms. The van der Waals surface area contributed by atoms with Gasteiger partial charge in [-0.15, -0.1) is 0 Å². The van der Waals surface area contributed by atoms with Crippen molar-refractivity contribution in [1.29, 1.82) is 0 Å². The van der Waals surface area contributed by atoms with Crippen molar-refractivity contribution >= 4 is 21.9 Å². The summed E-state index contributed by atoms with van der Waals surface area (Å²) in [5.41, 5.74) is 0.825. The molecule has 1 aromatic rings. The Hall–Kier alpha value is -2.01. The quantitative estimate of drug-likeness (QED) is 0.628. The van der Waals surface area contributed by atoms with Crippen molar-refractivity contribution in [3.8, 4) is 0 Å². The van der Waals surface area contributed by atoms with Crippen molar-refractivity contribution in [2.75, 3.05) is 39.8 Å². The van der Waals surface area contributed by atoms with Gasteiger partial charge in [0.2, 0.25) is 15.9 Å². The average Bonchev–Trinajstić information content (AvgIpc) is 2.69. The molecule has 0 spiro atoms. The number of hydrogen-bond acceptors (Lipinski definition) is 6. The van der Waals surface area contributed by atoms with Gasteiger partial charge in [0, 0.05) is 32.7 Å². The minimum absolute atomic E-state index is 0.0562. The van der Waals surface area contributed by atoms with E-state index in [9.17, 15) is 23.1 Å². The number of benzene rings is 1. The number of carbonyl (C=O) groups is 2. The van der Waals surface area contributed by atoms with E-state index in [1.807, 2.05) is 30.3 Å². The van der Waals surface area contributed by atoms with Crippen LogP contribution in [-0.2, 0) is 26.0 Å². The largest absolute Gasteiger partial charge is 0.480 e. The third kappa shape index (κ3) is 4.45. The lowest BCUT2D eigenvalue weighted by molar-refractivity contribution is -0.153. The highest BCUT2D eigenvalue weighted by molar-refractivity contribution is 7.89. The lowest BCUT2D eigenvalue weighted by Crippen LogP contribution is -2.66. The topological polar surface area (TPSA) is 110 Å². The molecule has 2 unspecified atom stereocenters. The van der Waals surface area contributed by atoms with E-state index in [2.05, 4.69) is 5.32 Å². The van der Waals surface area contributed by atoms with Crippen LogP contribution in [0.2, 0.25) is 0 Å². The first-order chi connectivity index (χ1) is 13.7. The third-order valence-electron chi connectivity index (χ3n) is 5.70. The molecule has 2 saturated heterocycles. The number of aliphatic carboxylic acids is 1. The number of carboxylic acids is 1. The summed E-state index contributed by atoms with van der Waals surface area (Å²) in [4.78, 5) is 27.7. The second-order valence-corrected chi connectivity index (χ2v) is 9.59. The van der Waals surface area contributed by atoms with E-state index in [0.717, 1.165) is 5.56 Å². The van der Waals surface area contributed by atoms with Crippen LogP contribution in [0.15, 0.2) is 30.3 Å². The monoisotopic (exact) mass is 424 g/mol. The van der Waals surface area contributed by atoms with Crippen LogP contribution in [0, 0.1) is 0 Å². The zero-order valence-electron chi connectivity index (χ0n) is 16.7. The number of amides is 1. The van der Waals surface area contributed by atoms with Gasteiger partial charge in [-0.3, -0.25) is 9.69 Å². The van der Waals surface area contributed by atoms with Crippen LogP contribution < -0.4 is 5.32 Å². The summed E-state index contributed by atoms with van der Waals surface area (Å²) >= 11 is 0. The fraction of sp³-hybridized carbons (Fsp3) is 0.579. The molecule has 9 nitrogen and oxygen atoms in total. The van der Waals surface area contributed by atoms with E-state index in [4.69, 9.17) is 0 Å². The van der Waals surface area contributed by atoms with Crippen LogP contribution in [0.3, 0.4) is 0 Å². The second kappa shape index (κ2) is 8.78. The Morgan fingerprint density at radius 1 is 1.24 bits per heavy atom. The lowest BCUT2D eigenvalue weighted by Gasteiger charge is -2.44. The predicted molar refractivity (Wildman–Crippen MR) is 108 cm³/mol. The maximum atomic E-state index is 13.5. The lowest BCUT2D eigenvalue weighted by atomic mass is 10.0. The van der Waals surface area contributed by atoms with E-state index in [1.165, 1.54) is 16.1 Å². The van der Waals surface area contributed by atoms with Gasteiger partial charge in [-0.2, -0.15) is 4.31 Å². The molecule has 2 fully saturated rings. The van der Waals surface area contributed by atoms with Crippen molar-refractivity contribution < 1.29 is 23.1 Å². The summed E-state index contributed by atoms with van der Waals surface area (Å²) in [6, 6.07) is 7.22. The highest BCUT2D eigenvalue weighted by Gasteiger charge is 2.47. The molecule has 10 heteroatoms. The molecule has 0 aromatic heterocycles. The van der Waals surface area contributed by atoms with E-state index in [-0.39, 0.29) is 26.1 Å². The molecule has 3 rings (SSSR count).